The van der Waals surface area contributed by atoms with E-state index < -0.39 is 0 Å². The fraction of sp³-hybridized carbons (Fsp3) is 0. The Labute approximate surface area is 258 Å². The van der Waals surface area contributed by atoms with E-state index in [9.17, 15) is 0 Å². The molecule has 0 N–H and O–H groups in total. The van der Waals surface area contributed by atoms with Crippen LogP contribution in [0, 0.1) is 0 Å². The fourth-order valence-electron chi connectivity index (χ4n) is 7.21. The molecule has 10 rings (SSSR count). The molecule has 2 heterocycles. The van der Waals surface area contributed by atoms with Crippen LogP contribution in [0.15, 0.2) is 160 Å². The molecule has 0 bridgehead atoms. The third kappa shape index (κ3) is 3.52. The summed E-state index contributed by atoms with van der Waals surface area (Å²) in [7, 11) is 0. The summed E-state index contributed by atoms with van der Waals surface area (Å²) in [6.07, 6.45) is 0. The van der Waals surface area contributed by atoms with E-state index in [-0.39, 0.29) is 0 Å². The van der Waals surface area contributed by atoms with E-state index in [2.05, 4.69) is 138 Å². The van der Waals surface area contributed by atoms with Gasteiger partial charge in [0.25, 0.3) is 0 Å². The summed E-state index contributed by atoms with van der Waals surface area (Å²) in [6, 6.07) is 53.6. The van der Waals surface area contributed by atoms with E-state index in [4.69, 9.17) is 8.83 Å². The molecule has 45 heavy (non-hydrogen) atoms. The number of furan rings is 2. The first-order valence-corrected chi connectivity index (χ1v) is 15.3. The predicted octanol–water partition coefficient (Wildman–Crippen LogP) is 12.4. The Hall–Kier alpha value is -6.06. The number of hydrogen-bond acceptors (Lipinski definition) is 3. The van der Waals surface area contributed by atoms with Gasteiger partial charge in [0.05, 0.1) is 5.69 Å². The monoisotopic (exact) mass is 575 g/mol. The van der Waals surface area contributed by atoms with E-state index in [1.54, 1.807) is 0 Å². The molecule has 0 atom stereocenters. The summed E-state index contributed by atoms with van der Waals surface area (Å²) in [5.41, 5.74) is 6.85. The molecule has 2 aromatic heterocycles. The van der Waals surface area contributed by atoms with Crippen LogP contribution in [-0.4, -0.2) is 0 Å². The van der Waals surface area contributed by atoms with Crippen molar-refractivity contribution in [2.24, 2.45) is 0 Å². The molecule has 210 valence electrons. The zero-order valence-corrected chi connectivity index (χ0v) is 24.2. The molecule has 0 spiro atoms. The average molecular weight is 576 g/mol. The van der Waals surface area contributed by atoms with Gasteiger partial charge in [0.15, 0.2) is 0 Å². The quantitative estimate of drug-likeness (QED) is 0.196. The molecule has 0 saturated carbocycles. The first kappa shape index (κ1) is 24.4. The van der Waals surface area contributed by atoms with Crippen LogP contribution in [0.5, 0.6) is 0 Å². The van der Waals surface area contributed by atoms with Crippen LogP contribution < -0.4 is 4.90 Å². The van der Waals surface area contributed by atoms with Crippen molar-refractivity contribution in [3.8, 4) is 0 Å². The minimum absolute atomic E-state index is 0.873. The smallest absolute Gasteiger partial charge is 0.143 e. The third-order valence-electron chi connectivity index (χ3n) is 9.20. The van der Waals surface area contributed by atoms with Crippen LogP contribution in [0.25, 0.3) is 76.2 Å². The zero-order chi connectivity index (χ0) is 29.5. The molecule has 8 aromatic carbocycles. The van der Waals surface area contributed by atoms with Crippen LogP contribution >= 0.6 is 0 Å². The van der Waals surface area contributed by atoms with Gasteiger partial charge in [0.1, 0.15) is 22.3 Å². The van der Waals surface area contributed by atoms with E-state index in [0.29, 0.717) is 0 Å². The van der Waals surface area contributed by atoms with Gasteiger partial charge >= 0.3 is 0 Å². The predicted molar refractivity (Wildman–Crippen MR) is 188 cm³/mol. The highest BCUT2D eigenvalue weighted by atomic mass is 16.3. The van der Waals surface area contributed by atoms with Crippen molar-refractivity contribution >= 4 is 93.3 Å². The first-order chi connectivity index (χ1) is 22.3. The Morgan fingerprint density at radius 2 is 0.956 bits per heavy atom. The number of fused-ring (bicyclic) bond motifs is 12. The van der Waals surface area contributed by atoms with Gasteiger partial charge in [-0.3, -0.25) is 0 Å². The Bertz CT molecular complexity index is 2770. The van der Waals surface area contributed by atoms with Gasteiger partial charge in [-0.2, -0.15) is 0 Å². The molecule has 0 unspecified atom stereocenters. The van der Waals surface area contributed by atoms with Crippen molar-refractivity contribution in [2.75, 3.05) is 4.90 Å². The number of rotatable bonds is 3. The topological polar surface area (TPSA) is 29.5 Å². The molecular weight excluding hydrogens is 550 g/mol. The summed E-state index contributed by atoms with van der Waals surface area (Å²) in [5.74, 6) is 0. The second-order valence-corrected chi connectivity index (χ2v) is 11.7. The Morgan fingerprint density at radius 3 is 1.78 bits per heavy atom. The minimum atomic E-state index is 0.873. The molecule has 0 fully saturated rings. The normalized spacial score (nSPS) is 12.0. The summed E-state index contributed by atoms with van der Waals surface area (Å²) in [6.45, 7) is 0. The van der Waals surface area contributed by atoms with Crippen molar-refractivity contribution in [1.82, 2.24) is 0 Å². The van der Waals surface area contributed by atoms with Crippen molar-refractivity contribution in [3.63, 3.8) is 0 Å². The molecule has 10 aromatic rings. The lowest BCUT2D eigenvalue weighted by molar-refractivity contribution is 0.669. The second-order valence-electron chi connectivity index (χ2n) is 11.7. The highest BCUT2D eigenvalue weighted by Crippen LogP contribution is 2.46. The molecule has 0 aliphatic carbocycles. The number of nitrogens with zero attached hydrogens (tertiary/aromatic N) is 1. The fourth-order valence-corrected chi connectivity index (χ4v) is 7.21. The lowest BCUT2D eigenvalue weighted by Crippen LogP contribution is -2.10. The summed E-state index contributed by atoms with van der Waals surface area (Å²) in [4.78, 5) is 2.35. The number of benzene rings is 8. The molecule has 0 amide bonds. The van der Waals surface area contributed by atoms with E-state index in [1.165, 1.54) is 21.5 Å². The summed E-state index contributed by atoms with van der Waals surface area (Å²) < 4.78 is 12.9. The average Bonchev–Trinajstić information content (AvgIpc) is 3.67. The maximum Gasteiger partial charge on any atom is 0.143 e. The van der Waals surface area contributed by atoms with Crippen LogP contribution in [0.4, 0.5) is 17.1 Å². The Kier molecular flexibility index (Phi) is 5.00. The molecular formula is C42H25NO2. The largest absolute Gasteiger partial charge is 0.456 e. The maximum absolute atomic E-state index is 6.58. The first-order valence-electron chi connectivity index (χ1n) is 15.3. The van der Waals surface area contributed by atoms with Crippen LogP contribution in [0.3, 0.4) is 0 Å². The van der Waals surface area contributed by atoms with Gasteiger partial charge < -0.3 is 13.7 Å². The van der Waals surface area contributed by atoms with Gasteiger partial charge in [-0.05, 0) is 64.7 Å². The number of anilines is 3. The summed E-state index contributed by atoms with van der Waals surface area (Å²) in [5, 5.41) is 11.6. The SMILES string of the molecule is c1ccc(N(c2ccc3c(c2)oc2ccccc23)c2cc3ccc4ccc5c6ccccc6oc5c4c3c3ccccc23)cc1. The number of hydrogen-bond donors (Lipinski definition) is 0. The van der Waals surface area contributed by atoms with Crippen molar-refractivity contribution in [3.05, 3.63) is 152 Å². The van der Waals surface area contributed by atoms with E-state index in [0.717, 1.165) is 71.7 Å². The van der Waals surface area contributed by atoms with Crippen LogP contribution in [0.2, 0.25) is 0 Å². The summed E-state index contributed by atoms with van der Waals surface area (Å²) >= 11 is 0. The van der Waals surface area contributed by atoms with E-state index in [1.807, 2.05) is 18.2 Å². The number of para-hydroxylation sites is 3. The molecule has 0 saturated heterocycles. The van der Waals surface area contributed by atoms with Gasteiger partial charge in [0.2, 0.25) is 0 Å². The molecule has 3 nitrogen and oxygen atoms in total. The van der Waals surface area contributed by atoms with E-state index >= 15 is 0 Å². The molecule has 0 aliphatic rings. The third-order valence-corrected chi connectivity index (χ3v) is 9.20. The Morgan fingerprint density at radius 1 is 0.356 bits per heavy atom. The standard InChI is InChI=1S/C42H25NO2/c1-2-10-28(11-3-1)43(29-21-23-33-31-13-6-8-16-37(31)44-39(33)25-29)36-24-27-19-18-26-20-22-35-32-14-7-9-17-38(32)45-42(35)41(26)40(27)34-15-5-4-12-30(34)36/h1-25H. The lowest BCUT2D eigenvalue weighted by Gasteiger charge is -2.27. The van der Waals surface area contributed by atoms with Crippen LogP contribution in [-0.2, 0) is 0 Å². The molecule has 0 radical (unpaired) electrons. The van der Waals surface area contributed by atoms with Crippen molar-refractivity contribution in [1.29, 1.82) is 0 Å². The Balaban J connectivity index is 1.30. The van der Waals surface area contributed by atoms with Gasteiger partial charge in [-0.15, -0.1) is 0 Å². The van der Waals surface area contributed by atoms with Gasteiger partial charge in [-0.1, -0.05) is 97.1 Å². The molecule has 3 heteroatoms. The second kappa shape index (κ2) is 9.22. The lowest BCUT2D eigenvalue weighted by atomic mass is 9.93. The van der Waals surface area contributed by atoms with Gasteiger partial charge in [0, 0.05) is 55.1 Å². The van der Waals surface area contributed by atoms with Crippen LogP contribution in [0.1, 0.15) is 0 Å². The minimum Gasteiger partial charge on any atom is -0.456 e. The maximum atomic E-state index is 6.58. The van der Waals surface area contributed by atoms with Gasteiger partial charge in [-0.25, -0.2) is 0 Å². The van der Waals surface area contributed by atoms with Crippen molar-refractivity contribution in [2.45, 2.75) is 0 Å². The zero-order valence-electron chi connectivity index (χ0n) is 24.2. The highest BCUT2D eigenvalue weighted by Gasteiger charge is 2.21. The highest BCUT2D eigenvalue weighted by molar-refractivity contribution is 6.30. The molecule has 0 aliphatic heterocycles. The van der Waals surface area contributed by atoms with Crippen molar-refractivity contribution < 1.29 is 8.83 Å².